The summed E-state index contributed by atoms with van der Waals surface area (Å²) in [5, 5.41) is 9.15. The third-order valence-corrected chi connectivity index (χ3v) is 13.2. The Kier molecular flexibility index (Phi) is 7.18. The number of carbonyl (C=O) groups is 1. The Morgan fingerprint density at radius 1 is 1.11 bits per heavy atom. The fourth-order valence-electron chi connectivity index (χ4n) is 4.92. The molecule has 0 bridgehead atoms. The summed E-state index contributed by atoms with van der Waals surface area (Å²) in [7, 11) is -0.448. The highest BCUT2D eigenvalue weighted by molar-refractivity contribution is 6.74. The second-order valence-corrected chi connectivity index (χ2v) is 17.6. The quantitative estimate of drug-likeness (QED) is 0.231. The first-order valence-electron chi connectivity index (χ1n) is 13.3. The van der Waals surface area contributed by atoms with Crippen molar-refractivity contribution in [1.29, 1.82) is 0 Å². The summed E-state index contributed by atoms with van der Waals surface area (Å²) in [6.07, 6.45) is 2.31. The number of methoxy groups -OCH3 is 1. The van der Waals surface area contributed by atoms with Crippen LogP contribution in [0.4, 0.5) is 0 Å². The van der Waals surface area contributed by atoms with Gasteiger partial charge in [-0.25, -0.2) is 4.68 Å². The topological polar surface area (TPSA) is 66.2 Å². The van der Waals surface area contributed by atoms with Gasteiger partial charge in [-0.3, -0.25) is 4.79 Å². The lowest BCUT2D eigenvalue weighted by Crippen LogP contribution is -2.40. The van der Waals surface area contributed by atoms with Crippen molar-refractivity contribution in [1.82, 2.24) is 15.0 Å². The fraction of sp³-hybridized carbons (Fsp3) is 0.567. The Bertz CT molecular complexity index is 1320. The zero-order chi connectivity index (χ0) is 27.3. The Hall–Kier alpha value is -2.51. The fourth-order valence-corrected chi connectivity index (χ4v) is 5.87. The number of fused-ring (bicyclic) bond motifs is 1. The highest BCUT2D eigenvalue weighted by Gasteiger charge is 2.42. The number of nitrogens with zero attached hydrogens (tertiary/aromatic N) is 3. The Labute approximate surface area is 222 Å². The van der Waals surface area contributed by atoms with Crippen LogP contribution in [0.5, 0.6) is 0 Å². The third kappa shape index (κ3) is 5.12. The summed E-state index contributed by atoms with van der Waals surface area (Å²) in [4.78, 5) is 13.1. The molecule has 1 aliphatic carbocycles. The number of hydrogen-bond donors (Lipinski definition) is 0. The summed E-state index contributed by atoms with van der Waals surface area (Å²) in [6, 6.07) is 11.2. The average molecular weight is 522 g/mol. The van der Waals surface area contributed by atoms with Gasteiger partial charge >= 0.3 is 5.97 Å². The number of aromatic nitrogens is 3. The van der Waals surface area contributed by atoms with Crippen LogP contribution in [0.25, 0.3) is 11.0 Å². The van der Waals surface area contributed by atoms with Crippen LogP contribution in [0.15, 0.2) is 30.3 Å². The SMILES string of the molecule is COC(=O)C(C)(C)C(c1ccc(C)c(CO[Si](C)(C)C(C)(C)C)c1)c1ccc2c(nnn2C2CC2)c1C. The molecule has 1 fully saturated rings. The number of aryl methyl sites for hydroxylation is 2. The van der Waals surface area contributed by atoms with Crippen molar-refractivity contribution in [2.45, 2.75) is 98.0 Å². The van der Waals surface area contributed by atoms with Gasteiger partial charge in [0, 0.05) is 5.92 Å². The van der Waals surface area contributed by atoms with Crippen LogP contribution >= 0.6 is 0 Å². The number of ether oxygens (including phenoxy) is 1. The van der Waals surface area contributed by atoms with Crippen LogP contribution in [0.1, 0.15) is 87.2 Å². The summed E-state index contributed by atoms with van der Waals surface area (Å²) in [6.45, 7) is 20.1. The first-order valence-corrected chi connectivity index (χ1v) is 16.3. The maximum absolute atomic E-state index is 13.1. The standard InChI is InChI=1S/C30H43N3O3Si/c1-19-11-12-21(17-22(19)18-36-37(9,10)29(3,4)5)26(30(6,7)28(34)35-8)24-15-16-25-27(20(24)2)31-32-33(25)23-13-14-23/h11-12,15-17,23,26H,13-14,18H2,1-10H3. The van der Waals surface area contributed by atoms with Gasteiger partial charge in [-0.15, -0.1) is 5.10 Å². The van der Waals surface area contributed by atoms with E-state index in [0.29, 0.717) is 12.6 Å². The van der Waals surface area contributed by atoms with Gasteiger partial charge in [-0.1, -0.05) is 50.3 Å². The Morgan fingerprint density at radius 2 is 1.78 bits per heavy atom. The summed E-state index contributed by atoms with van der Waals surface area (Å²) < 4.78 is 13.9. The molecular weight excluding hydrogens is 478 g/mol. The van der Waals surface area contributed by atoms with Gasteiger partial charge in [0.05, 0.1) is 30.7 Å². The molecule has 37 heavy (non-hydrogen) atoms. The lowest BCUT2D eigenvalue weighted by Gasteiger charge is -2.36. The van der Waals surface area contributed by atoms with Gasteiger partial charge < -0.3 is 9.16 Å². The smallest absolute Gasteiger partial charge is 0.312 e. The molecule has 1 aliphatic rings. The maximum Gasteiger partial charge on any atom is 0.312 e. The molecule has 0 saturated heterocycles. The van der Waals surface area contributed by atoms with E-state index in [0.717, 1.165) is 46.1 Å². The van der Waals surface area contributed by atoms with E-state index in [1.165, 1.54) is 12.7 Å². The van der Waals surface area contributed by atoms with Crippen molar-refractivity contribution >= 4 is 25.3 Å². The highest BCUT2D eigenvalue weighted by atomic mass is 28.4. The van der Waals surface area contributed by atoms with Gasteiger partial charge in [-0.2, -0.15) is 0 Å². The molecule has 1 atom stereocenters. The molecule has 0 N–H and O–H groups in total. The summed E-state index contributed by atoms with van der Waals surface area (Å²) in [5.74, 6) is -0.457. The van der Waals surface area contributed by atoms with E-state index in [9.17, 15) is 4.79 Å². The van der Waals surface area contributed by atoms with Crippen LogP contribution in [0, 0.1) is 19.3 Å². The molecule has 1 heterocycles. The van der Waals surface area contributed by atoms with E-state index in [1.807, 2.05) is 13.8 Å². The van der Waals surface area contributed by atoms with E-state index in [4.69, 9.17) is 9.16 Å². The van der Waals surface area contributed by atoms with Crippen LogP contribution in [0.2, 0.25) is 18.1 Å². The molecule has 0 amide bonds. The van der Waals surface area contributed by atoms with Gasteiger partial charge in [-0.05, 0) is 92.6 Å². The minimum Gasteiger partial charge on any atom is -0.469 e. The van der Waals surface area contributed by atoms with Crippen molar-refractivity contribution in [3.8, 4) is 0 Å². The zero-order valence-electron chi connectivity index (χ0n) is 24.2. The molecule has 4 rings (SSSR count). The lowest BCUT2D eigenvalue weighted by atomic mass is 9.69. The zero-order valence-corrected chi connectivity index (χ0v) is 25.2. The molecule has 200 valence electrons. The maximum atomic E-state index is 13.1. The normalized spacial score (nSPS) is 15.7. The number of hydrogen-bond acceptors (Lipinski definition) is 5. The first-order chi connectivity index (χ1) is 17.2. The predicted octanol–water partition coefficient (Wildman–Crippen LogP) is 7.24. The number of esters is 1. The Balaban J connectivity index is 1.81. The number of rotatable bonds is 8. The second-order valence-electron chi connectivity index (χ2n) is 12.8. The van der Waals surface area contributed by atoms with Crippen molar-refractivity contribution in [2.75, 3.05) is 7.11 Å². The van der Waals surface area contributed by atoms with Crippen molar-refractivity contribution in [3.05, 3.63) is 58.1 Å². The van der Waals surface area contributed by atoms with Gasteiger partial charge in [0.25, 0.3) is 0 Å². The minimum absolute atomic E-state index is 0.137. The number of benzene rings is 2. The molecule has 1 saturated carbocycles. The molecule has 3 aromatic rings. The summed E-state index contributed by atoms with van der Waals surface area (Å²) >= 11 is 0. The van der Waals surface area contributed by atoms with E-state index in [1.54, 1.807) is 0 Å². The van der Waals surface area contributed by atoms with E-state index < -0.39 is 13.7 Å². The Morgan fingerprint density at radius 3 is 2.38 bits per heavy atom. The average Bonchev–Trinajstić information content (AvgIpc) is 3.57. The molecular formula is C30H43N3O3Si. The minimum atomic E-state index is -1.91. The summed E-state index contributed by atoms with van der Waals surface area (Å²) in [5.41, 5.74) is 6.73. The molecule has 0 spiro atoms. The molecule has 1 unspecified atom stereocenters. The monoisotopic (exact) mass is 521 g/mol. The number of carbonyl (C=O) groups excluding carboxylic acids is 1. The van der Waals surface area contributed by atoms with Gasteiger partial charge in [0.2, 0.25) is 0 Å². The lowest BCUT2D eigenvalue weighted by molar-refractivity contribution is -0.151. The predicted molar refractivity (Wildman–Crippen MR) is 151 cm³/mol. The van der Waals surface area contributed by atoms with E-state index in [2.05, 4.69) is 93.0 Å². The van der Waals surface area contributed by atoms with Gasteiger partial charge in [0.15, 0.2) is 8.32 Å². The molecule has 0 aliphatic heterocycles. The van der Waals surface area contributed by atoms with Crippen LogP contribution in [-0.2, 0) is 20.6 Å². The van der Waals surface area contributed by atoms with Crippen LogP contribution in [-0.4, -0.2) is 36.4 Å². The van der Waals surface area contributed by atoms with Crippen LogP contribution in [0.3, 0.4) is 0 Å². The molecule has 2 aromatic carbocycles. The van der Waals surface area contributed by atoms with Crippen molar-refractivity contribution < 1.29 is 14.0 Å². The van der Waals surface area contributed by atoms with Crippen molar-refractivity contribution in [3.63, 3.8) is 0 Å². The highest BCUT2D eigenvalue weighted by Crippen LogP contribution is 2.45. The largest absolute Gasteiger partial charge is 0.469 e. The van der Waals surface area contributed by atoms with E-state index in [-0.39, 0.29) is 16.9 Å². The second kappa shape index (κ2) is 9.66. The van der Waals surface area contributed by atoms with Gasteiger partial charge in [0.1, 0.15) is 5.52 Å². The molecule has 0 radical (unpaired) electrons. The first kappa shape index (κ1) is 27.5. The third-order valence-electron chi connectivity index (χ3n) is 8.68. The van der Waals surface area contributed by atoms with Crippen molar-refractivity contribution in [2.24, 2.45) is 5.41 Å². The van der Waals surface area contributed by atoms with E-state index >= 15 is 0 Å². The van der Waals surface area contributed by atoms with Crippen LogP contribution < -0.4 is 0 Å². The molecule has 7 heteroatoms. The molecule has 6 nitrogen and oxygen atoms in total. The molecule has 1 aromatic heterocycles.